The molecule has 0 aliphatic carbocycles. The fourth-order valence-corrected chi connectivity index (χ4v) is 4.54. The van der Waals surface area contributed by atoms with Crippen LogP contribution in [0.25, 0.3) is 0 Å². The number of ether oxygens (including phenoxy) is 2. The first-order chi connectivity index (χ1) is 14.5. The van der Waals surface area contributed by atoms with Crippen LogP contribution in [0.15, 0.2) is 53.4 Å². The van der Waals surface area contributed by atoms with Crippen LogP contribution in [0, 0.1) is 11.3 Å². The summed E-state index contributed by atoms with van der Waals surface area (Å²) in [5, 5.41) is 9.08. The zero-order valence-electron chi connectivity index (χ0n) is 16.7. The molecule has 1 amide bonds. The van der Waals surface area contributed by atoms with Crippen molar-refractivity contribution in [1.82, 2.24) is 9.21 Å². The van der Waals surface area contributed by atoms with E-state index in [1.165, 1.54) is 16.4 Å². The molecule has 0 unspecified atom stereocenters. The van der Waals surface area contributed by atoms with Gasteiger partial charge in [0.15, 0.2) is 6.61 Å². The van der Waals surface area contributed by atoms with Crippen LogP contribution < -0.4 is 9.47 Å². The Bertz CT molecular complexity index is 1020. The number of rotatable bonds is 7. The third-order valence-electron chi connectivity index (χ3n) is 4.72. The van der Waals surface area contributed by atoms with Gasteiger partial charge < -0.3 is 14.4 Å². The van der Waals surface area contributed by atoms with Crippen LogP contribution in [0.2, 0.25) is 0 Å². The number of nitrogens with zero attached hydrogens (tertiary/aromatic N) is 3. The number of sulfonamides is 1. The average Bonchev–Trinajstić information content (AvgIpc) is 2.78. The number of hydrogen-bond acceptors (Lipinski definition) is 6. The predicted octanol–water partition coefficient (Wildman–Crippen LogP) is 1.87. The van der Waals surface area contributed by atoms with Crippen LogP contribution >= 0.6 is 0 Å². The van der Waals surface area contributed by atoms with Gasteiger partial charge in [0.05, 0.1) is 17.1 Å². The average molecular weight is 429 g/mol. The molecule has 0 N–H and O–H groups in total. The summed E-state index contributed by atoms with van der Waals surface area (Å²) in [6.45, 7) is 3.12. The van der Waals surface area contributed by atoms with Gasteiger partial charge in [-0.3, -0.25) is 4.79 Å². The Kier molecular flexibility index (Phi) is 6.92. The van der Waals surface area contributed by atoms with Crippen molar-refractivity contribution in [2.75, 3.05) is 39.4 Å². The van der Waals surface area contributed by atoms with E-state index in [9.17, 15) is 13.2 Å². The second-order valence-corrected chi connectivity index (χ2v) is 8.52. The highest BCUT2D eigenvalue weighted by Crippen LogP contribution is 2.21. The van der Waals surface area contributed by atoms with Gasteiger partial charge in [0.25, 0.3) is 5.91 Å². The molecule has 8 nitrogen and oxygen atoms in total. The molecule has 2 aromatic carbocycles. The normalized spacial score (nSPS) is 14.7. The summed E-state index contributed by atoms with van der Waals surface area (Å²) in [6.07, 6.45) is 0. The van der Waals surface area contributed by atoms with E-state index in [0.29, 0.717) is 23.7 Å². The lowest BCUT2D eigenvalue weighted by molar-refractivity contribution is -0.134. The van der Waals surface area contributed by atoms with Crippen molar-refractivity contribution in [3.05, 3.63) is 54.1 Å². The topological polar surface area (TPSA) is 99.9 Å². The second-order valence-electron chi connectivity index (χ2n) is 6.59. The van der Waals surface area contributed by atoms with Crippen molar-refractivity contribution in [2.45, 2.75) is 11.8 Å². The largest absolute Gasteiger partial charge is 0.494 e. The van der Waals surface area contributed by atoms with Crippen LogP contribution in [-0.4, -0.2) is 62.9 Å². The fourth-order valence-electron chi connectivity index (χ4n) is 3.12. The smallest absolute Gasteiger partial charge is 0.260 e. The molecule has 0 spiro atoms. The fraction of sp³-hybridized carbons (Fsp3) is 0.333. The van der Waals surface area contributed by atoms with Gasteiger partial charge in [-0.1, -0.05) is 12.1 Å². The van der Waals surface area contributed by atoms with Crippen LogP contribution in [0.3, 0.4) is 0 Å². The van der Waals surface area contributed by atoms with Crippen LogP contribution in [-0.2, 0) is 14.8 Å². The number of carbonyl (C=O) groups is 1. The first-order valence-corrected chi connectivity index (χ1v) is 11.0. The van der Waals surface area contributed by atoms with E-state index >= 15 is 0 Å². The molecule has 1 aliphatic heterocycles. The molecule has 3 rings (SSSR count). The Hall–Kier alpha value is -3.09. The van der Waals surface area contributed by atoms with Gasteiger partial charge in [-0.15, -0.1) is 0 Å². The molecule has 0 atom stereocenters. The maximum absolute atomic E-state index is 12.8. The highest BCUT2D eigenvalue weighted by Gasteiger charge is 2.30. The minimum absolute atomic E-state index is 0.196. The molecule has 0 radical (unpaired) electrons. The van der Waals surface area contributed by atoms with Crippen LogP contribution in [0.5, 0.6) is 11.5 Å². The number of carbonyl (C=O) groups excluding carboxylic acids is 1. The quantitative estimate of drug-likeness (QED) is 0.666. The van der Waals surface area contributed by atoms with Gasteiger partial charge in [-0.25, -0.2) is 8.42 Å². The second kappa shape index (κ2) is 9.61. The molecule has 1 aliphatic rings. The Balaban J connectivity index is 1.56. The monoisotopic (exact) mass is 429 g/mol. The zero-order valence-corrected chi connectivity index (χ0v) is 17.5. The molecule has 0 aromatic heterocycles. The van der Waals surface area contributed by atoms with Gasteiger partial charge in [0, 0.05) is 26.2 Å². The van der Waals surface area contributed by atoms with Crippen molar-refractivity contribution in [1.29, 1.82) is 5.26 Å². The van der Waals surface area contributed by atoms with E-state index in [1.54, 1.807) is 41.3 Å². The number of amides is 1. The molecular formula is C21H23N3O5S. The van der Waals surface area contributed by atoms with E-state index in [4.69, 9.17) is 14.7 Å². The lowest BCUT2D eigenvalue weighted by Gasteiger charge is -2.34. The SMILES string of the molecule is CCOc1ccc(S(=O)(=O)N2CCN(C(=O)COc3ccccc3C#N)CC2)cc1. The van der Waals surface area contributed by atoms with E-state index in [2.05, 4.69) is 0 Å². The summed E-state index contributed by atoms with van der Waals surface area (Å²) in [4.78, 5) is 14.2. The summed E-state index contributed by atoms with van der Waals surface area (Å²) >= 11 is 0. The first-order valence-electron chi connectivity index (χ1n) is 9.58. The maximum Gasteiger partial charge on any atom is 0.260 e. The zero-order chi connectivity index (χ0) is 21.6. The summed E-state index contributed by atoms with van der Waals surface area (Å²) in [5.74, 6) is 0.718. The summed E-state index contributed by atoms with van der Waals surface area (Å²) in [7, 11) is -3.63. The number of nitriles is 1. The summed E-state index contributed by atoms with van der Waals surface area (Å²) in [6, 6.07) is 15.0. The molecule has 1 heterocycles. The van der Waals surface area contributed by atoms with Crippen molar-refractivity contribution in [2.24, 2.45) is 0 Å². The van der Waals surface area contributed by atoms with Crippen molar-refractivity contribution >= 4 is 15.9 Å². The van der Waals surface area contributed by atoms with Gasteiger partial charge >= 0.3 is 0 Å². The Morgan fingerprint density at radius 2 is 1.70 bits per heavy atom. The molecule has 158 valence electrons. The minimum atomic E-state index is -3.63. The number of para-hydroxylation sites is 1. The van der Waals surface area contributed by atoms with Gasteiger partial charge in [0.2, 0.25) is 10.0 Å². The van der Waals surface area contributed by atoms with Crippen molar-refractivity contribution < 1.29 is 22.7 Å². The van der Waals surface area contributed by atoms with E-state index in [1.807, 2.05) is 13.0 Å². The minimum Gasteiger partial charge on any atom is -0.494 e. The van der Waals surface area contributed by atoms with E-state index < -0.39 is 10.0 Å². The van der Waals surface area contributed by atoms with E-state index in [-0.39, 0.29) is 43.6 Å². The lowest BCUT2D eigenvalue weighted by atomic mass is 10.2. The number of benzene rings is 2. The van der Waals surface area contributed by atoms with Gasteiger partial charge in [-0.05, 0) is 43.3 Å². The highest BCUT2D eigenvalue weighted by molar-refractivity contribution is 7.89. The maximum atomic E-state index is 12.8. The van der Waals surface area contributed by atoms with Crippen molar-refractivity contribution in [3.8, 4) is 17.6 Å². The molecule has 9 heteroatoms. The molecular weight excluding hydrogens is 406 g/mol. The molecule has 1 fully saturated rings. The standard InChI is InChI=1S/C21H23N3O5S/c1-2-28-18-7-9-19(10-8-18)30(26,27)24-13-11-23(12-14-24)21(25)16-29-20-6-4-3-5-17(20)15-22/h3-10H,2,11-14,16H2,1H3. The molecule has 0 saturated carbocycles. The van der Waals surface area contributed by atoms with Crippen LogP contribution in [0.1, 0.15) is 12.5 Å². The van der Waals surface area contributed by atoms with Gasteiger partial charge in [0.1, 0.15) is 17.6 Å². The first kappa shape index (κ1) is 21.6. The van der Waals surface area contributed by atoms with E-state index in [0.717, 1.165) is 0 Å². The Morgan fingerprint density at radius 1 is 1.03 bits per heavy atom. The number of hydrogen-bond donors (Lipinski definition) is 0. The Labute approximate surface area is 176 Å². The Morgan fingerprint density at radius 3 is 2.33 bits per heavy atom. The molecule has 2 aromatic rings. The summed E-state index contributed by atoms with van der Waals surface area (Å²) in [5.41, 5.74) is 0.358. The molecule has 30 heavy (non-hydrogen) atoms. The van der Waals surface area contributed by atoms with Crippen LogP contribution in [0.4, 0.5) is 0 Å². The molecule has 0 bridgehead atoms. The third-order valence-corrected chi connectivity index (χ3v) is 6.64. The summed E-state index contributed by atoms with van der Waals surface area (Å²) < 4.78 is 37.9. The third kappa shape index (κ3) is 4.90. The highest BCUT2D eigenvalue weighted by atomic mass is 32.2. The molecule has 1 saturated heterocycles. The lowest BCUT2D eigenvalue weighted by Crippen LogP contribution is -2.51. The number of piperazine rings is 1. The predicted molar refractivity (Wildman–Crippen MR) is 110 cm³/mol. The van der Waals surface area contributed by atoms with Gasteiger partial charge in [-0.2, -0.15) is 9.57 Å². The van der Waals surface area contributed by atoms with Crippen molar-refractivity contribution in [3.63, 3.8) is 0 Å².